The van der Waals surface area contributed by atoms with E-state index in [1.807, 2.05) is 31.2 Å². The van der Waals surface area contributed by atoms with Gasteiger partial charge in [-0.3, -0.25) is 4.79 Å². The van der Waals surface area contributed by atoms with Crippen molar-refractivity contribution in [2.45, 2.75) is 6.92 Å². The number of benzene rings is 3. The summed E-state index contributed by atoms with van der Waals surface area (Å²) in [6.45, 7) is 2.47. The zero-order chi connectivity index (χ0) is 20.4. The summed E-state index contributed by atoms with van der Waals surface area (Å²) < 4.78 is 32.8. The van der Waals surface area contributed by atoms with Crippen molar-refractivity contribution >= 4 is 17.3 Å². The monoisotopic (exact) mass is 392 g/mol. The SMILES string of the molecule is Cc1ccc(C2=COCN2)cc1-c1ccc(NC(=O)c2c(F)cccc2F)cc1. The van der Waals surface area contributed by atoms with E-state index in [4.69, 9.17) is 4.74 Å². The maximum absolute atomic E-state index is 13.8. The zero-order valence-corrected chi connectivity index (χ0v) is 15.6. The van der Waals surface area contributed by atoms with Crippen LogP contribution in [0, 0.1) is 18.6 Å². The Bertz CT molecular complexity index is 1090. The van der Waals surface area contributed by atoms with Crippen molar-refractivity contribution in [2.75, 3.05) is 12.0 Å². The number of aryl methyl sites for hydroxylation is 1. The molecule has 1 heterocycles. The maximum Gasteiger partial charge on any atom is 0.261 e. The van der Waals surface area contributed by atoms with Crippen LogP contribution in [0.25, 0.3) is 16.8 Å². The van der Waals surface area contributed by atoms with Gasteiger partial charge >= 0.3 is 0 Å². The molecule has 3 aromatic rings. The van der Waals surface area contributed by atoms with Crippen LogP contribution in [0.1, 0.15) is 21.5 Å². The minimum atomic E-state index is -0.898. The molecule has 4 nitrogen and oxygen atoms in total. The lowest BCUT2D eigenvalue weighted by molar-refractivity contribution is 0.101. The molecule has 4 rings (SSSR count). The smallest absolute Gasteiger partial charge is 0.261 e. The Balaban J connectivity index is 1.57. The van der Waals surface area contributed by atoms with Gasteiger partial charge in [-0.2, -0.15) is 0 Å². The number of carbonyl (C=O) groups excluding carboxylic acids is 1. The van der Waals surface area contributed by atoms with E-state index in [2.05, 4.69) is 16.7 Å². The fraction of sp³-hybridized carbons (Fsp3) is 0.0870. The predicted octanol–water partition coefficient (Wildman–Crippen LogP) is 5.07. The van der Waals surface area contributed by atoms with Gasteiger partial charge in [-0.1, -0.05) is 30.3 Å². The number of carbonyl (C=O) groups is 1. The van der Waals surface area contributed by atoms with Crippen LogP contribution in [0.2, 0.25) is 0 Å². The summed E-state index contributed by atoms with van der Waals surface area (Å²) >= 11 is 0. The Hall–Kier alpha value is -3.67. The van der Waals surface area contributed by atoms with Gasteiger partial charge in [0.2, 0.25) is 0 Å². The molecule has 146 valence electrons. The summed E-state index contributed by atoms with van der Waals surface area (Å²) in [6, 6.07) is 16.5. The molecule has 0 radical (unpaired) electrons. The first kappa shape index (κ1) is 18.7. The second kappa shape index (κ2) is 7.75. The van der Waals surface area contributed by atoms with Crippen molar-refractivity contribution in [3.63, 3.8) is 0 Å². The molecule has 0 aliphatic carbocycles. The third-order valence-electron chi connectivity index (χ3n) is 4.74. The standard InChI is InChI=1S/C23H18F2N2O2/c1-14-5-6-16(21-12-29-13-26-21)11-18(14)15-7-9-17(10-8-15)27-23(28)22-19(24)3-2-4-20(22)25/h2-12,26H,13H2,1H3,(H,27,28). The van der Waals surface area contributed by atoms with Crippen molar-refractivity contribution in [3.05, 3.63) is 95.3 Å². The van der Waals surface area contributed by atoms with Crippen molar-refractivity contribution in [1.82, 2.24) is 5.32 Å². The van der Waals surface area contributed by atoms with Crippen molar-refractivity contribution < 1.29 is 18.3 Å². The fourth-order valence-electron chi connectivity index (χ4n) is 3.20. The van der Waals surface area contributed by atoms with Gasteiger partial charge in [-0.25, -0.2) is 8.78 Å². The molecule has 1 aliphatic rings. The van der Waals surface area contributed by atoms with Gasteiger partial charge in [0.15, 0.2) is 6.73 Å². The second-order valence-corrected chi connectivity index (χ2v) is 6.68. The quantitative estimate of drug-likeness (QED) is 0.652. The Morgan fingerprint density at radius 3 is 2.34 bits per heavy atom. The normalized spacial score (nSPS) is 12.7. The molecule has 0 saturated heterocycles. The van der Waals surface area contributed by atoms with E-state index in [-0.39, 0.29) is 0 Å². The van der Waals surface area contributed by atoms with Crippen LogP contribution in [-0.4, -0.2) is 12.6 Å². The summed E-state index contributed by atoms with van der Waals surface area (Å²) in [4.78, 5) is 12.2. The second-order valence-electron chi connectivity index (χ2n) is 6.68. The average Bonchev–Trinajstić information content (AvgIpc) is 3.24. The minimum Gasteiger partial charge on any atom is -0.479 e. The topological polar surface area (TPSA) is 50.4 Å². The first-order valence-electron chi connectivity index (χ1n) is 9.05. The van der Waals surface area contributed by atoms with E-state index in [1.165, 1.54) is 6.07 Å². The highest BCUT2D eigenvalue weighted by Crippen LogP contribution is 2.28. The van der Waals surface area contributed by atoms with Gasteiger partial charge in [0.05, 0.1) is 5.70 Å². The van der Waals surface area contributed by atoms with Gasteiger partial charge in [0.1, 0.15) is 23.5 Å². The lowest BCUT2D eigenvalue weighted by Gasteiger charge is -2.11. The molecule has 29 heavy (non-hydrogen) atoms. The molecule has 0 fully saturated rings. The number of hydrogen-bond donors (Lipinski definition) is 2. The number of amides is 1. The van der Waals surface area contributed by atoms with Crippen LogP contribution in [0.5, 0.6) is 0 Å². The summed E-state index contributed by atoms with van der Waals surface area (Å²) in [6.07, 6.45) is 1.69. The van der Waals surface area contributed by atoms with Crippen LogP contribution in [-0.2, 0) is 4.74 Å². The molecule has 0 bridgehead atoms. The molecular weight excluding hydrogens is 374 g/mol. The van der Waals surface area contributed by atoms with Crippen LogP contribution in [0.15, 0.2) is 66.9 Å². The molecule has 0 aromatic heterocycles. The molecule has 0 unspecified atom stereocenters. The first-order valence-corrected chi connectivity index (χ1v) is 9.05. The predicted molar refractivity (Wildman–Crippen MR) is 108 cm³/mol. The van der Waals surface area contributed by atoms with Crippen molar-refractivity contribution in [2.24, 2.45) is 0 Å². The molecule has 0 saturated carbocycles. The van der Waals surface area contributed by atoms with Gasteiger partial charge in [-0.05, 0) is 53.9 Å². The molecular formula is C23H18F2N2O2. The van der Waals surface area contributed by atoms with E-state index in [0.717, 1.165) is 40.1 Å². The van der Waals surface area contributed by atoms with Gasteiger partial charge in [0, 0.05) is 11.3 Å². The highest BCUT2D eigenvalue weighted by Gasteiger charge is 2.17. The van der Waals surface area contributed by atoms with E-state index < -0.39 is 23.1 Å². The molecule has 3 aromatic carbocycles. The van der Waals surface area contributed by atoms with Gasteiger partial charge < -0.3 is 15.4 Å². The largest absolute Gasteiger partial charge is 0.479 e. The van der Waals surface area contributed by atoms with Crippen LogP contribution in [0.4, 0.5) is 14.5 Å². The highest BCUT2D eigenvalue weighted by molar-refractivity contribution is 6.04. The maximum atomic E-state index is 13.8. The van der Waals surface area contributed by atoms with Crippen LogP contribution >= 0.6 is 0 Å². The van der Waals surface area contributed by atoms with Crippen LogP contribution < -0.4 is 10.6 Å². The lowest BCUT2D eigenvalue weighted by atomic mass is 9.97. The number of halogens is 2. The third-order valence-corrected chi connectivity index (χ3v) is 4.74. The van der Waals surface area contributed by atoms with Gasteiger partial charge in [0.25, 0.3) is 5.91 Å². The van der Waals surface area contributed by atoms with Crippen molar-refractivity contribution in [3.8, 4) is 11.1 Å². The highest BCUT2D eigenvalue weighted by atomic mass is 19.1. The van der Waals surface area contributed by atoms with E-state index in [0.29, 0.717) is 12.4 Å². The lowest BCUT2D eigenvalue weighted by Crippen LogP contribution is -2.15. The number of anilines is 1. The average molecular weight is 392 g/mol. The Labute approximate surface area is 166 Å². The number of rotatable bonds is 4. The Morgan fingerprint density at radius 1 is 1.00 bits per heavy atom. The zero-order valence-electron chi connectivity index (χ0n) is 15.6. The summed E-state index contributed by atoms with van der Waals surface area (Å²) in [5.41, 5.74) is 4.87. The van der Waals surface area contributed by atoms with E-state index in [1.54, 1.807) is 18.4 Å². The Morgan fingerprint density at radius 2 is 1.69 bits per heavy atom. The third kappa shape index (κ3) is 3.82. The Kier molecular flexibility index (Phi) is 4.99. The number of hydrogen-bond acceptors (Lipinski definition) is 3. The summed E-state index contributed by atoms with van der Waals surface area (Å²) in [5.74, 6) is -2.62. The molecule has 2 N–H and O–H groups in total. The van der Waals surface area contributed by atoms with E-state index in [9.17, 15) is 13.6 Å². The van der Waals surface area contributed by atoms with Crippen LogP contribution in [0.3, 0.4) is 0 Å². The molecule has 0 spiro atoms. The summed E-state index contributed by atoms with van der Waals surface area (Å²) in [7, 11) is 0. The number of nitrogens with one attached hydrogen (secondary N) is 2. The molecule has 0 atom stereocenters. The summed E-state index contributed by atoms with van der Waals surface area (Å²) in [5, 5.41) is 5.69. The van der Waals surface area contributed by atoms with Crippen molar-refractivity contribution in [1.29, 1.82) is 0 Å². The molecule has 1 aliphatic heterocycles. The molecule has 6 heteroatoms. The van der Waals surface area contributed by atoms with E-state index >= 15 is 0 Å². The number of ether oxygens (including phenoxy) is 1. The molecule has 1 amide bonds. The first-order chi connectivity index (χ1) is 14.0. The fourth-order valence-corrected chi connectivity index (χ4v) is 3.20. The van der Waals surface area contributed by atoms with Gasteiger partial charge in [-0.15, -0.1) is 0 Å². The minimum absolute atomic E-state index is 0.448.